The van der Waals surface area contributed by atoms with Gasteiger partial charge in [0, 0.05) is 52.9 Å². The van der Waals surface area contributed by atoms with E-state index in [1.54, 1.807) is 7.11 Å². The van der Waals surface area contributed by atoms with Crippen molar-refractivity contribution in [2.24, 2.45) is 10.9 Å². The molecule has 1 atom stereocenters. The smallest absolute Gasteiger partial charge is 0.191 e. The van der Waals surface area contributed by atoms with Crippen molar-refractivity contribution in [2.75, 3.05) is 46.6 Å². The molecule has 0 aromatic heterocycles. The maximum Gasteiger partial charge on any atom is 0.191 e. The second-order valence-electron chi connectivity index (χ2n) is 7.45. The molecule has 27 heavy (non-hydrogen) atoms. The lowest BCUT2D eigenvalue weighted by molar-refractivity contribution is -0.0828. The summed E-state index contributed by atoms with van der Waals surface area (Å²) in [7, 11) is 1.79. The molecule has 6 nitrogen and oxygen atoms in total. The molecule has 0 aromatic rings. The van der Waals surface area contributed by atoms with E-state index in [0.29, 0.717) is 12.6 Å². The van der Waals surface area contributed by atoms with E-state index in [4.69, 9.17) is 19.2 Å². The Hall–Kier alpha value is -0.120. The number of nitrogens with one attached hydrogen (secondary N) is 2. The van der Waals surface area contributed by atoms with E-state index in [9.17, 15) is 0 Å². The van der Waals surface area contributed by atoms with E-state index in [1.165, 1.54) is 25.7 Å². The maximum atomic E-state index is 6.02. The van der Waals surface area contributed by atoms with Gasteiger partial charge in [-0.25, -0.2) is 0 Å². The summed E-state index contributed by atoms with van der Waals surface area (Å²) < 4.78 is 17.3. The average Bonchev–Trinajstić information content (AvgIpc) is 3.21. The molecule has 1 saturated carbocycles. The summed E-state index contributed by atoms with van der Waals surface area (Å²) in [5.74, 6) is 1.60. The van der Waals surface area contributed by atoms with Crippen LogP contribution in [-0.4, -0.2) is 64.2 Å². The molecular formula is C20H40IN3O3. The largest absolute Gasteiger partial charge is 0.381 e. The van der Waals surface area contributed by atoms with Crippen LogP contribution in [0.15, 0.2) is 4.99 Å². The van der Waals surface area contributed by atoms with Crippen molar-refractivity contribution in [3.8, 4) is 0 Å². The zero-order valence-electron chi connectivity index (χ0n) is 17.4. The van der Waals surface area contributed by atoms with Crippen LogP contribution in [0.4, 0.5) is 0 Å². The Morgan fingerprint density at radius 1 is 1.19 bits per heavy atom. The van der Waals surface area contributed by atoms with E-state index in [2.05, 4.69) is 24.5 Å². The van der Waals surface area contributed by atoms with Crippen molar-refractivity contribution in [1.29, 1.82) is 0 Å². The van der Waals surface area contributed by atoms with Gasteiger partial charge >= 0.3 is 0 Å². The summed E-state index contributed by atoms with van der Waals surface area (Å²) in [5, 5.41) is 6.84. The molecule has 0 aromatic carbocycles. The van der Waals surface area contributed by atoms with Gasteiger partial charge in [0.1, 0.15) is 0 Å². The Bertz CT molecular complexity index is 411. The van der Waals surface area contributed by atoms with Crippen molar-refractivity contribution in [1.82, 2.24) is 10.6 Å². The second kappa shape index (κ2) is 14.0. The molecule has 7 heteroatoms. The lowest BCUT2D eigenvalue weighted by Gasteiger charge is -2.34. The van der Waals surface area contributed by atoms with Gasteiger partial charge in [-0.1, -0.05) is 12.8 Å². The van der Waals surface area contributed by atoms with E-state index in [-0.39, 0.29) is 29.6 Å². The van der Waals surface area contributed by atoms with E-state index in [0.717, 1.165) is 64.1 Å². The second-order valence-corrected chi connectivity index (χ2v) is 7.45. The number of guanidine groups is 1. The van der Waals surface area contributed by atoms with E-state index in [1.807, 2.05) is 0 Å². The number of hydrogen-bond donors (Lipinski definition) is 2. The molecule has 160 valence electrons. The molecule has 2 fully saturated rings. The van der Waals surface area contributed by atoms with E-state index < -0.39 is 0 Å². The molecule has 0 radical (unpaired) electrons. The van der Waals surface area contributed by atoms with Gasteiger partial charge in [-0.15, -0.1) is 24.0 Å². The standard InChI is InChI=1S/C20H39N3O3.HI/c1-4-21-19(23-16-20(24-3)11-14-25-15-12-20)22-13-10-18(26-5-2)17-8-6-7-9-17;/h17-18H,4-16H2,1-3H3,(H2,21,22,23);1H. The molecule has 1 heterocycles. The minimum absolute atomic E-state index is 0. The molecule has 1 saturated heterocycles. The normalized spacial score (nSPS) is 21.5. The average molecular weight is 497 g/mol. The van der Waals surface area contributed by atoms with Gasteiger partial charge in [-0.2, -0.15) is 0 Å². The number of hydrogen-bond acceptors (Lipinski definition) is 4. The first kappa shape index (κ1) is 24.9. The van der Waals surface area contributed by atoms with Crippen LogP contribution in [0.3, 0.4) is 0 Å². The molecule has 1 aliphatic carbocycles. The predicted molar refractivity (Wildman–Crippen MR) is 121 cm³/mol. The third kappa shape index (κ3) is 8.41. The fourth-order valence-corrected chi connectivity index (χ4v) is 4.07. The molecule has 0 spiro atoms. The Labute approximate surface area is 182 Å². The van der Waals surface area contributed by atoms with E-state index >= 15 is 0 Å². The number of aliphatic imine (C=N–C) groups is 1. The van der Waals surface area contributed by atoms with Crippen LogP contribution in [0.5, 0.6) is 0 Å². The van der Waals surface area contributed by atoms with Crippen molar-refractivity contribution in [2.45, 2.75) is 70.5 Å². The van der Waals surface area contributed by atoms with Crippen molar-refractivity contribution in [3.05, 3.63) is 0 Å². The Kier molecular flexibility index (Phi) is 12.9. The number of halogens is 1. The summed E-state index contributed by atoms with van der Waals surface area (Å²) in [5.41, 5.74) is -0.182. The lowest BCUT2D eigenvalue weighted by atomic mass is 9.94. The summed E-state index contributed by atoms with van der Waals surface area (Å²) >= 11 is 0. The molecular weight excluding hydrogens is 457 g/mol. The molecule has 1 unspecified atom stereocenters. The van der Waals surface area contributed by atoms with Crippen molar-refractivity contribution < 1.29 is 14.2 Å². The topological polar surface area (TPSA) is 64.1 Å². The van der Waals surface area contributed by atoms with Crippen LogP contribution in [0.2, 0.25) is 0 Å². The van der Waals surface area contributed by atoms with Crippen LogP contribution < -0.4 is 10.6 Å². The summed E-state index contributed by atoms with van der Waals surface area (Å²) in [6.07, 6.45) is 8.56. The van der Waals surface area contributed by atoms with Crippen LogP contribution in [0.1, 0.15) is 58.8 Å². The third-order valence-corrected chi connectivity index (χ3v) is 5.73. The Morgan fingerprint density at radius 2 is 1.89 bits per heavy atom. The van der Waals surface area contributed by atoms with Crippen LogP contribution in [0.25, 0.3) is 0 Å². The molecule has 0 bridgehead atoms. The molecule has 2 N–H and O–H groups in total. The Balaban J connectivity index is 0.00000364. The molecule has 2 rings (SSSR count). The van der Waals surface area contributed by atoms with Gasteiger partial charge in [-0.05, 0) is 39.0 Å². The zero-order chi connectivity index (χ0) is 18.7. The number of rotatable bonds is 10. The van der Waals surface area contributed by atoms with Gasteiger partial charge in [0.05, 0.1) is 18.2 Å². The highest BCUT2D eigenvalue weighted by atomic mass is 127. The highest BCUT2D eigenvalue weighted by Gasteiger charge is 2.32. The summed E-state index contributed by atoms with van der Waals surface area (Å²) in [4.78, 5) is 4.79. The summed E-state index contributed by atoms with van der Waals surface area (Å²) in [6, 6.07) is 0. The first-order valence-electron chi connectivity index (χ1n) is 10.5. The fourth-order valence-electron chi connectivity index (χ4n) is 4.07. The van der Waals surface area contributed by atoms with Gasteiger partial charge < -0.3 is 24.8 Å². The fraction of sp³-hybridized carbons (Fsp3) is 0.950. The number of methoxy groups -OCH3 is 1. The SMILES string of the molecule is CCNC(=NCC1(OC)CCOCC1)NCCC(OCC)C1CCCC1.I. The van der Waals surface area contributed by atoms with Crippen LogP contribution in [0, 0.1) is 5.92 Å². The number of ether oxygens (including phenoxy) is 3. The minimum Gasteiger partial charge on any atom is -0.381 e. The highest BCUT2D eigenvalue weighted by molar-refractivity contribution is 14.0. The minimum atomic E-state index is -0.182. The van der Waals surface area contributed by atoms with Crippen LogP contribution in [-0.2, 0) is 14.2 Å². The van der Waals surface area contributed by atoms with Crippen molar-refractivity contribution in [3.63, 3.8) is 0 Å². The van der Waals surface area contributed by atoms with Gasteiger partial charge in [0.15, 0.2) is 5.96 Å². The highest BCUT2D eigenvalue weighted by Crippen LogP contribution is 2.30. The van der Waals surface area contributed by atoms with Gasteiger partial charge in [0.25, 0.3) is 0 Å². The first-order valence-corrected chi connectivity index (χ1v) is 10.5. The quantitative estimate of drug-likeness (QED) is 0.276. The zero-order valence-corrected chi connectivity index (χ0v) is 19.8. The third-order valence-electron chi connectivity index (χ3n) is 5.73. The summed E-state index contributed by atoms with van der Waals surface area (Å²) in [6.45, 7) is 8.91. The first-order chi connectivity index (χ1) is 12.7. The Morgan fingerprint density at radius 3 is 2.48 bits per heavy atom. The van der Waals surface area contributed by atoms with Gasteiger partial charge in [0.2, 0.25) is 0 Å². The van der Waals surface area contributed by atoms with Crippen LogP contribution >= 0.6 is 24.0 Å². The molecule has 0 amide bonds. The predicted octanol–water partition coefficient (Wildman–Crippen LogP) is 3.34. The lowest BCUT2D eigenvalue weighted by Crippen LogP contribution is -2.44. The van der Waals surface area contributed by atoms with Gasteiger partial charge in [-0.3, -0.25) is 4.99 Å². The van der Waals surface area contributed by atoms with Crippen molar-refractivity contribution >= 4 is 29.9 Å². The maximum absolute atomic E-state index is 6.02. The number of nitrogens with zero attached hydrogens (tertiary/aromatic N) is 1. The molecule has 1 aliphatic heterocycles. The monoisotopic (exact) mass is 497 g/mol. The molecule has 2 aliphatic rings.